The van der Waals surface area contributed by atoms with Crippen molar-refractivity contribution < 1.29 is 9.59 Å². The van der Waals surface area contributed by atoms with Crippen LogP contribution in [0.4, 0.5) is 0 Å². The average molecular weight is 387 g/mol. The molecule has 0 aromatic carbocycles. The Balaban J connectivity index is 1.59. The van der Waals surface area contributed by atoms with Crippen LogP contribution in [-0.4, -0.2) is 59.3 Å². The van der Waals surface area contributed by atoms with Gasteiger partial charge in [0.05, 0.1) is 0 Å². The van der Waals surface area contributed by atoms with Crippen LogP contribution in [0.3, 0.4) is 0 Å². The quantitative estimate of drug-likeness (QED) is 0.867. The molecule has 2 fully saturated rings. The minimum absolute atomic E-state index is 0.0204. The van der Waals surface area contributed by atoms with E-state index < -0.39 is 0 Å². The van der Waals surface area contributed by atoms with Gasteiger partial charge in [-0.05, 0) is 56.2 Å². The van der Waals surface area contributed by atoms with Crippen LogP contribution in [0, 0.1) is 11.8 Å². The number of nitrogens with one attached hydrogen (secondary N) is 1. The Bertz CT molecular complexity index is 629. The molecule has 3 heterocycles. The van der Waals surface area contributed by atoms with Gasteiger partial charge in [0.1, 0.15) is 0 Å². The van der Waals surface area contributed by atoms with Gasteiger partial charge < -0.3 is 10.2 Å². The fraction of sp³-hybridized carbons (Fsp3) is 0.682. The van der Waals surface area contributed by atoms with E-state index in [1.54, 1.807) is 6.20 Å². The maximum absolute atomic E-state index is 13.1. The van der Waals surface area contributed by atoms with Crippen LogP contribution < -0.4 is 5.32 Å². The molecule has 1 atom stereocenters. The monoisotopic (exact) mass is 386 g/mol. The number of pyridine rings is 1. The lowest BCUT2D eigenvalue weighted by atomic mass is 9.94. The van der Waals surface area contributed by atoms with E-state index >= 15 is 0 Å². The SMILES string of the molecule is CC1CCN(C(=O)C2CCCN(Cc3cccnc3)CCC(=O)NCC2)CC1. The Morgan fingerprint density at radius 3 is 2.75 bits per heavy atom. The van der Waals surface area contributed by atoms with Gasteiger partial charge in [-0.1, -0.05) is 13.0 Å². The van der Waals surface area contributed by atoms with Gasteiger partial charge in [-0.3, -0.25) is 19.5 Å². The van der Waals surface area contributed by atoms with Crippen LogP contribution in [0.5, 0.6) is 0 Å². The lowest BCUT2D eigenvalue weighted by Gasteiger charge is -2.33. The van der Waals surface area contributed by atoms with Crippen LogP contribution in [0.2, 0.25) is 0 Å². The second kappa shape index (κ2) is 10.6. The van der Waals surface area contributed by atoms with Gasteiger partial charge in [-0.2, -0.15) is 0 Å². The highest BCUT2D eigenvalue weighted by atomic mass is 16.2. The number of piperidine rings is 1. The highest BCUT2D eigenvalue weighted by Gasteiger charge is 2.27. The van der Waals surface area contributed by atoms with Crippen LogP contribution >= 0.6 is 0 Å². The molecule has 1 unspecified atom stereocenters. The summed E-state index contributed by atoms with van der Waals surface area (Å²) in [7, 11) is 0. The first-order valence-electron chi connectivity index (χ1n) is 10.8. The molecule has 2 saturated heterocycles. The van der Waals surface area contributed by atoms with E-state index in [4.69, 9.17) is 0 Å². The molecule has 2 amide bonds. The van der Waals surface area contributed by atoms with Gasteiger partial charge in [0.15, 0.2) is 0 Å². The summed E-state index contributed by atoms with van der Waals surface area (Å²) in [5, 5.41) is 3.01. The van der Waals surface area contributed by atoms with Crippen molar-refractivity contribution in [3.63, 3.8) is 0 Å². The van der Waals surface area contributed by atoms with Crippen molar-refractivity contribution in [2.75, 3.05) is 32.7 Å². The molecule has 0 aliphatic carbocycles. The second-order valence-corrected chi connectivity index (χ2v) is 8.37. The Morgan fingerprint density at radius 2 is 2.00 bits per heavy atom. The fourth-order valence-corrected chi connectivity index (χ4v) is 4.19. The highest BCUT2D eigenvalue weighted by Crippen LogP contribution is 2.22. The predicted molar refractivity (Wildman–Crippen MR) is 109 cm³/mol. The molecule has 6 heteroatoms. The normalized spacial score (nSPS) is 23.7. The molecule has 28 heavy (non-hydrogen) atoms. The highest BCUT2D eigenvalue weighted by molar-refractivity contribution is 5.79. The predicted octanol–water partition coefficient (Wildman–Crippen LogP) is 2.45. The van der Waals surface area contributed by atoms with Crippen LogP contribution in [0.25, 0.3) is 0 Å². The standard InChI is InChI=1S/C22H34N4O2/c1-18-7-14-26(15-8-18)22(28)20-5-3-12-25(13-9-21(27)24-11-6-20)17-19-4-2-10-23-16-19/h2,4,10,16,18,20H,3,5-9,11-15,17H2,1H3,(H,24,27). The van der Waals surface area contributed by atoms with Gasteiger partial charge in [0.25, 0.3) is 0 Å². The Kier molecular flexibility index (Phi) is 7.83. The topological polar surface area (TPSA) is 65.5 Å². The van der Waals surface area contributed by atoms with Crippen molar-refractivity contribution in [2.45, 2.75) is 52.0 Å². The largest absolute Gasteiger partial charge is 0.356 e. The zero-order chi connectivity index (χ0) is 19.8. The van der Waals surface area contributed by atoms with Crippen molar-refractivity contribution in [3.05, 3.63) is 30.1 Å². The van der Waals surface area contributed by atoms with Crippen LogP contribution in [0.15, 0.2) is 24.5 Å². The van der Waals surface area contributed by atoms with E-state index in [1.807, 2.05) is 12.3 Å². The number of rotatable bonds is 3. The van der Waals surface area contributed by atoms with Crippen LogP contribution in [0.1, 0.15) is 51.0 Å². The number of amides is 2. The molecule has 154 valence electrons. The van der Waals surface area contributed by atoms with E-state index in [0.29, 0.717) is 18.9 Å². The smallest absolute Gasteiger partial charge is 0.225 e. The number of carbonyl (C=O) groups is 2. The summed E-state index contributed by atoms with van der Waals surface area (Å²) in [6.07, 6.45) is 9.00. The lowest BCUT2D eigenvalue weighted by Crippen LogP contribution is -2.42. The van der Waals surface area contributed by atoms with E-state index in [0.717, 1.165) is 76.3 Å². The Labute approximate surface area is 168 Å². The second-order valence-electron chi connectivity index (χ2n) is 8.37. The van der Waals surface area contributed by atoms with Crippen molar-refractivity contribution in [3.8, 4) is 0 Å². The van der Waals surface area contributed by atoms with Crippen molar-refractivity contribution >= 4 is 11.8 Å². The molecule has 0 bridgehead atoms. The van der Waals surface area contributed by atoms with E-state index in [-0.39, 0.29) is 11.8 Å². The molecule has 2 aliphatic rings. The molecule has 1 aromatic heterocycles. The third-order valence-corrected chi connectivity index (χ3v) is 6.07. The third-order valence-electron chi connectivity index (χ3n) is 6.07. The van der Waals surface area contributed by atoms with Gasteiger partial charge in [-0.25, -0.2) is 0 Å². The lowest BCUT2D eigenvalue weighted by molar-refractivity contribution is -0.137. The molecular formula is C22H34N4O2. The number of hydrogen-bond acceptors (Lipinski definition) is 4. The maximum atomic E-state index is 13.1. The van der Waals surface area contributed by atoms with E-state index in [9.17, 15) is 9.59 Å². The van der Waals surface area contributed by atoms with Gasteiger partial charge in [-0.15, -0.1) is 0 Å². The maximum Gasteiger partial charge on any atom is 0.225 e. The molecular weight excluding hydrogens is 352 g/mol. The number of nitrogens with zero attached hydrogens (tertiary/aromatic N) is 3. The van der Waals surface area contributed by atoms with Crippen molar-refractivity contribution in [1.29, 1.82) is 0 Å². The van der Waals surface area contributed by atoms with E-state index in [1.165, 1.54) is 0 Å². The first kappa shape index (κ1) is 20.8. The summed E-state index contributed by atoms with van der Waals surface area (Å²) in [4.78, 5) is 33.8. The number of carbonyl (C=O) groups excluding carboxylic acids is 2. The molecule has 0 radical (unpaired) electrons. The summed E-state index contributed by atoms with van der Waals surface area (Å²) in [5.41, 5.74) is 1.16. The van der Waals surface area contributed by atoms with Gasteiger partial charge >= 0.3 is 0 Å². The Morgan fingerprint density at radius 1 is 1.18 bits per heavy atom. The van der Waals surface area contributed by atoms with Gasteiger partial charge in [0, 0.05) is 57.5 Å². The van der Waals surface area contributed by atoms with Crippen molar-refractivity contribution in [1.82, 2.24) is 20.1 Å². The summed E-state index contributed by atoms with van der Waals surface area (Å²) in [6.45, 7) is 7.07. The third kappa shape index (κ3) is 6.30. The zero-order valence-electron chi connectivity index (χ0n) is 17.1. The number of likely N-dealkylation sites (tertiary alicyclic amines) is 1. The summed E-state index contributed by atoms with van der Waals surface area (Å²) >= 11 is 0. The first-order valence-corrected chi connectivity index (χ1v) is 10.8. The first-order chi connectivity index (χ1) is 13.6. The minimum atomic E-state index is 0.0204. The summed E-state index contributed by atoms with van der Waals surface area (Å²) in [6, 6.07) is 4.02. The fourth-order valence-electron chi connectivity index (χ4n) is 4.19. The summed E-state index contributed by atoms with van der Waals surface area (Å²) in [5.74, 6) is 1.11. The Hall–Kier alpha value is -1.95. The molecule has 3 rings (SSSR count). The molecule has 0 spiro atoms. The van der Waals surface area contributed by atoms with Crippen molar-refractivity contribution in [2.24, 2.45) is 11.8 Å². The van der Waals surface area contributed by atoms with E-state index in [2.05, 4.69) is 33.1 Å². The number of aromatic nitrogens is 1. The molecule has 1 aromatic rings. The number of hydrogen-bond donors (Lipinski definition) is 1. The molecule has 0 saturated carbocycles. The van der Waals surface area contributed by atoms with Gasteiger partial charge in [0.2, 0.25) is 11.8 Å². The average Bonchev–Trinajstić information content (AvgIpc) is 2.75. The van der Waals surface area contributed by atoms with Crippen LogP contribution in [-0.2, 0) is 16.1 Å². The summed E-state index contributed by atoms with van der Waals surface area (Å²) < 4.78 is 0. The minimum Gasteiger partial charge on any atom is -0.356 e. The zero-order valence-corrected chi connectivity index (χ0v) is 17.1. The molecule has 2 aliphatic heterocycles. The molecule has 6 nitrogen and oxygen atoms in total. The molecule has 1 N–H and O–H groups in total.